The van der Waals surface area contributed by atoms with Crippen molar-refractivity contribution in [1.82, 2.24) is 0 Å². The van der Waals surface area contributed by atoms with Crippen molar-refractivity contribution in [3.63, 3.8) is 0 Å². The minimum absolute atomic E-state index is 0.0202. The quantitative estimate of drug-likeness (QED) is 0.130. The molecular weight excluding hydrogens is 637 g/mol. The van der Waals surface area contributed by atoms with Crippen molar-refractivity contribution >= 4 is 10.1 Å². The Balaban J connectivity index is 1.55. The third kappa shape index (κ3) is 9.26. The van der Waals surface area contributed by atoms with Gasteiger partial charge in [-0.2, -0.15) is 21.6 Å². The van der Waals surface area contributed by atoms with Gasteiger partial charge in [0.2, 0.25) is 0 Å². The highest BCUT2D eigenvalue weighted by Crippen LogP contribution is 2.37. The first-order chi connectivity index (χ1) is 22.6. The maximum atomic E-state index is 13.7. The third-order valence-electron chi connectivity index (χ3n) is 7.63. The van der Waals surface area contributed by atoms with Crippen LogP contribution in [-0.2, 0) is 59.7 Å². The lowest BCUT2D eigenvalue weighted by molar-refractivity contribution is -0.269. The molecular formula is C35H35F3O8S. The zero-order chi connectivity index (χ0) is 33.3. The van der Waals surface area contributed by atoms with E-state index in [0.29, 0.717) is 11.1 Å². The lowest BCUT2D eigenvalue weighted by atomic mass is 9.84. The molecule has 6 atom stereocenters. The molecule has 0 bridgehead atoms. The topological polar surface area (TPSA) is 101 Å². The standard InChI is InChI=1S/C35H35F3O8S/c36-35(37,38)47(40,41)46-31-29(39)30(42-21-25-13-5-1-6-14-25)32(43-22-26-15-7-2-8-16-26)34(45-24-28-19-11-4-12-20-28)33(31)44-23-27-17-9-3-10-18-27/h1-20,29-34,39H,21-24H2/t29-,30+,31-,32-,33+,34+/m0/s1. The number of hydrogen-bond acceptors (Lipinski definition) is 8. The number of hydrogen-bond donors (Lipinski definition) is 1. The molecule has 0 spiro atoms. The van der Waals surface area contributed by atoms with Crippen LogP contribution in [0.4, 0.5) is 13.2 Å². The molecule has 0 aliphatic heterocycles. The van der Waals surface area contributed by atoms with Crippen LogP contribution < -0.4 is 0 Å². The van der Waals surface area contributed by atoms with Gasteiger partial charge in [-0.1, -0.05) is 121 Å². The monoisotopic (exact) mass is 672 g/mol. The van der Waals surface area contributed by atoms with E-state index in [1.807, 2.05) is 36.4 Å². The number of aliphatic hydroxyl groups is 1. The van der Waals surface area contributed by atoms with E-state index in [1.54, 1.807) is 84.9 Å². The zero-order valence-corrected chi connectivity index (χ0v) is 26.0. The first-order valence-electron chi connectivity index (χ1n) is 14.9. The molecule has 0 heterocycles. The largest absolute Gasteiger partial charge is 0.523 e. The molecule has 8 nitrogen and oxygen atoms in total. The van der Waals surface area contributed by atoms with E-state index in [-0.39, 0.29) is 26.4 Å². The van der Waals surface area contributed by atoms with E-state index in [0.717, 1.165) is 11.1 Å². The second-order valence-electron chi connectivity index (χ2n) is 11.0. The number of alkyl halides is 3. The summed E-state index contributed by atoms with van der Waals surface area (Å²) in [6, 6.07) is 35.8. The minimum atomic E-state index is -6.19. The van der Waals surface area contributed by atoms with Crippen LogP contribution in [0, 0.1) is 0 Å². The zero-order valence-electron chi connectivity index (χ0n) is 25.2. The molecule has 4 aromatic rings. The summed E-state index contributed by atoms with van der Waals surface area (Å²) in [7, 11) is -6.19. The van der Waals surface area contributed by atoms with E-state index in [4.69, 9.17) is 23.1 Å². The maximum absolute atomic E-state index is 13.7. The van der Waals surface area contributed by atoms with Gasteiger partial charge in [-0.15, -0.1) is 0 Å². The van der Waals surface area contributed by atoms with Crippen molar-refractivity contribution in [2.24, 2.45) is 0 Å². The molecule has 0 radical (unpaired) electrons. The van der Waals surface area contributed by atoms with Crippen LogP contribution in [0.25, 0.3) is 0 Å². The van der Waals surface area contributed by atoms with Crippen molar-refractivity contribution in [3.8, 4) is 0 Å². The Morgan fingerprint density at radius 3 is 1.09 bits per heavy atom. The molecule has 5 rings (SSSR count). The molecule has 47 heavy (non-hydrogen) atoms. The summed E-state index contributed by atoms with van der Waals surface area (Å²) in [5.41, 5.74) is -2.93. The van der Waals surface area contributed by atoms with Gasteiger partial charge in [0.25, 0.3) is 0 Å². The minimum Gasteiger partial charge on any atom is -0.387 e. The molecule has 12 heteroatoms. The first kappa shape index (κ1) is 34.7. The molecule has 1 aliphatic rings. The summed E-state index contributed by atoms with van der Waals surface area (Å²) >= 11 is 0. The highest BCUT2D eigenvalue weighted by molar-refractivity contribution is 7.87. The third-order valence-corrected chi connectivity index (χ3v) is 8.67. The van der Waals surface area contributed by atoms with Gasteiger partial charge >= 0.3 is 15.6 Å². The van der Waals surface area contributed by atoms with Crippen LogP contribution >= 0.6 is 0 Å². The fourth-order valence-corrected chi connectivity index (χ4v) is 5.90. The Kier molecular flexibility index (Phi) is 11.8. The van der Waals surface area contributed by atoms with Crippen LogP contribution in [-0.4, -0.2) is 55.7 Å². The van der Waals surface area contributed by atoms with Crippen molar-refractivity contribution < 1.29 is 49.8 Å². The second-order valence-corrected chi connectivity index (χ2v) is 12.6. The summed E-state index contributed by atoms with van der Waals surface area (Å²) in [6.45, 7) is -0.252. The van der Waals surface area contributed by atoms with Gasteiger partial charge in [-0.25, -0.2) is 0 Å². The lowest BCUT2D eigenvalue weighted by Crippen LogP contribution is -2.67. The van der Waals surface area contributed by atoms with Gasteiger partial charge < -0.3 is 24.1 Å². The summed E-state index contributed by atoms with van der Waals surface area (Å²) in [5, 5.41) is 11.7. The molecule has 1 N–H and O–H groups in total. The highest BCUT2D eigenvalue weighted by Gasteiger charge is 2.58. The van der Waals surface area contributed by atoms with Crippen LogP contribution in [0.1, 0.15) is 22.3 Å². The van der Waals surface area contributed by atoms with Gasteiger partial charge in [0, 0.05) is 0 Å². The summed E-state index contributed by atoms with van der Waals surface area (Å²) in [5.74, 6) is 0. The maximum Gasteiger partial charge on any atom is 0.523 e. The Hall–Kier alpha value is -3.62. The Morgan fingerprint density at radius 2 is 0.766 bits per heavy atom. The number of halogens is 3. The Labute approximate surface area is 271 Å². The average molecular weight is 673 g/mol. The molecule has 1 saturated carbocycles. The molecule has 1 fully saturated rings. The predicted octanol–water partition coefficient (Wildman–Crippen LogP) is 5.94. The molecule has 0 saturated heterocycles. The van der Waals surface area contributed by atoms with Crippen molar-refractivity contribution in [1.29, 1.82) is 0 Å². The van der Waals surface area contributed by atoms with Crippen molar-refractivity contribution in [3.05, 3.63) is 144 Å². The lowest BCUT2D eigenvalue weighted by Gasteiger charge is -2.48. The van der Waals surface area contributed by atoms with Crippen molar-refractivity contribution in [2.45, 2.75) is 68.6 Å². The fraction of sp³-hybridized carbons (Fsp3) is 0.314. The van der Waals surface area contributed by atoms with Crippen molar-refractivity contribution in [2.75, 3.05) is 0 Å². The summed E-state index contributed by atoms with van der Waals surface area (Å²) < 4.78 is 95.7. The van der Waals surface area contributed by atoms with E-state index in [1.165, 1.54) is 0 Å². The van der Waals surface area contributed by atoms with Crippen LogP contribution in [0.3, 0.4) is 0 Å². The molecule has 4 aromatic carbocycles. The van der Waals surface area contributed by atoms with Gasteiger partial charge in [0.05, 0.1) is 26.4 Å². The number of ether oxygens (including phenoxy) is 4. The van der Waals surface area contributed by atoms with Gasteiger partial charge in [0.15, 0.2) is 0 Å². The normalized spacial score (nSPS) is 23.4. The van der Waals surface area contributed by atoms with Gasteiger partial charge in [-0.05, 0) is 22.3 Å². The van der Waals surface area contributed by atoms with Crippen LogP contribution in [0.5, 0.6) is 0 Å². The van der Waals surface area contributed by atoms with E-state index in [2.05, 4.69) is 0 Å². The number of benzene rings is 4. The Morgan fingerprint density at radius 1 is 0.489 bits per heavy atom. The molecule has 1 aliphatic carbocycles. The van der Waals surface area contributed by atoms with E-state index >= 15 is 0 Å². The van der Waals surface area contributed by atoms with Crippen LogP contribution in [0.15, 0.2) is 121 Å². The average Bonchev–Trinajstić information content (AvgIpc) is 3.08. The SMILES string of the molecule is O=S(=O)(O[C@H]1[C@@H](O)[C@@H](OCc2ccccc2)[C@H](OCc2ccccc2)[C@@H](OCc2ccccc2)[C@@H]1OCc1ccccc1)C(F)(F)F. The highest BCUT2D eigenvalue weighted by atomic mass is 32.2. The molecule has 0 amide bonds. The molecule has 250 valence electrons. The number of rotatable bonds is 14. The molecule has 0 aromatic heterocycles. The van der Waals surface area contributed by atoms with Gasteiger partial charge in [-0.3, -0.25) is 4.18 Å². The predicted molar refractivity (Wildman–Crippen MR) is 166 cm³/mol. The second kappa shape index (κ2) is 16.0. The van der Waals surface area contributed by atoms with E-state index in [9.17, 15) is 26.7 Å². The first-order valence-corrected chi connectivity index (χ1v) is 16.3. The van der Waals surface area contributed by atoms with E-state index < -0.39 is 52.3 Å². The fourth-order valence-electron chi connectivity index (χ4n) is 5.28. The summed E-state index contributed by atoms with van der Waals surface area (Å²) in [4.78, 5) is 0. The van der Waals surface area contributed by atoms with Crippen LogP contribution in [0.2, 0.25) is 0 Å². The smallest absolute Gasteiger partial charge is 0.387 e. The Bertz CT molecular complexity index is 1610. The summed E-state index contributed by atoms with van der Waals surface area (Å²) in [6.07, 6.45) is -9.39. The van der Waals surface area contributed by atoms with Gasteiger partial charge in [0.1, 0.15) is 36.6 Å². The number of aliphatic hydroxyl groups excluding tert-OH is 1. The molecule has 0 unspecified atom stereocenters.